The highest BCUT2D eigenvalue weighted by Gasteiger charge is 2.14. The standard InChI is InChI=1S/C14H23N5OS/c1-4-18(5-2)9-6-7-12(3)20-14-13(16-21-17-14)19-10-8-15-11-19/h8,10-12H,4-7,9H2,1-3H3. The molecule has 0 N–H and O–H groups in total. The Balaban J connectivity index is 1.83. The Hall–Kier alpha value is -1.47. The van der Waals surface area contributed by atoms with Crippen LogP contribution < -0.4 is 4.74 Å². The fraction of sp³-hybridized carbons (Fsp3) is 0.643. The van der Waals surface area contributed by atoms with Gasteiger partial charge in [-0.1, -0.05) is 13.8 Å². The molecule has 0 radical (unpaired) electrons. The van der Waals surface area contributed by atoms with E-state index in [1.165, 1.54) is 0 Å². The summed E-state index contributed by atoms with van der Waals surface area (Å²) in [5, 5.41) is 0. The number of aromatic nitrogens is 4. The molecule has 0 aromatic carbocycles. The molecular weight excluding hydrogens is 286 g/mol. The van der Waals surface area contributed by atoms with E-state index < -0.39 is 0 Å². The molecule has 2 rings (SSSR count). The van der Waals surface area contributed by atoms with Crippen molar-refractivity contribution in [3.8, 4) is 11.7 Å². The lowest BCUT2D eigenvalue weighted by molar-refractivity contribution is 0.190. The van der Waals surface area contributed by atoms with Gasteiger partial charge in [0.15, 0.2) is 0 Å². The van der Waals surface area contributed by atoms with Gasteiger partial charge in [-0.3, -0.25) is 4.57 Å². The highest BCUT2D eigenvalue weighted by Crippen LogP contribution is 2.21. The normalized spacial score (nSPS) is 12.8. The lowest BCUT2D eigenvalue weighted by Gasteiger charge is -2.19. The number of hydrogen-bond acceptors (Lipinski definition) is 6. The maximum atomic E-state index is 5.93. The van der Waals surface area contributed by atoms with Crippen molar-refractivity contribution in [2.75, 3.05) is 19.6 Å². The maximum absolute atomic E-state index is 5.93. The van der Waals surface area contributed by atoms with E-state index in [2.05, 4.69) is 39.4 Å². The Morgan fingerprint density at radius 3 is 2.81 bits per heavy atom. The highest BCUT2D eigenvalue weighted by atomic mass is 32.1. The minimum absolute atomic E-state index is 0.131. The van der Waals surface area contributed by atoms with E-state index in [0.29, 0.717) is 11.7 Å². The summed E-state index contributed by atoms with van der Waals surface area (Å²) < 4.78 is 16.3. The minimum atomic E-state index is 0.131. The Kier molecular flexibility index (Phi) is 6.13. The van der Waals surface area contributed by atoms with Crippen LogP contribution in [0.5, 0.6) is 5.88 Å². The van der Waals surface area contributed by atoms with Crippen molar-refractivity contribution in [3.05, 3.63) is 18.7 Å². The van der Waals surface area contributed by atoms with Gasteiger partial charge in [-0.05, 0) is 39.4 Å². The largest absolute Gasteiger partial charge is 0.471 e. The predicted octanol–water partition coefficient (Wildman–Crippen LogP) is 2.61. The number of imidazole rings is 1. The van der Waals surface area contributed by atoms with Crippen molar-refractivity contribution in [2.24, 2.45) is 0 Å². The van der Waals surface area contributed by atoms with Gasteiger partial charge in [0, 0.05) is 12.4 Å². The monoisotopic (exact) mass is 309 g/mol. The summed E-state index contributed by atoms with van der Waals surface area (Å²) in [6.07, 6.45) is 7.53. The van der Waals surface area contributed by atoms with Crippen molar-refractivity contribution < 1.29 is 4.74 Å². The summed E-state index contributed by atoms with van der Waals surface area (Å²) in [7, 11) is 0. The van der Waals surface area contributed by atoms with E-state index in [1.807, 2.05) is 10.8 Å². The predicted molar refractivity (Wildman–Crippen MR) is 84.1 cm³/mol. The molecule has 0 saturated carbocycles. The number of rotatable bonds is 9. The minimum Gasteiger partial charge on any atom is -0.471 e. The average molecular weight is 309 g/mol. The van der Waals surface area contributed by atoms with Gasteiger partial charge >= 0.3 is 0 Å². The summed E-state index contributed by atoms with van der Waals surface area (Å²) in [5.74, 6) is 1.31. The molecule has 0 aliphatic carbocycles. The molecule has 0 aliphatic rings. The number of nitrogens with zero attached hydrogens (tertiary/aromatic N) is 5. The molecule has 2 heterocycles. The van der Waals surface area contributed by atoms with Crippen molar-refractivity contribution >= 4 is 11.7 Å². The first-order valence-corrected chi connectivity index (χ1v) is 8.17. The first kappa shape index (κ1) is 15.9. The van der Waals surface area contributed by atoms with Gasteiger partial charge in [0.05, 0.1) is 17.8 Å². The zero-order valence-corrected chi connectivity index (χ0v) is 13.7. The maximum Gasteiger partial charge on any atom is 0.271 e. The third-order valence-corrected chi connectivity index (χ3v) is 3.99. The number of ether oxygens (including phenoxy) is 1. The summed E-state index contributed by atoms with van der Waals surface area (Å²) in [6.45, 7) is 9.80. The second-order valence-corrected chi connectivity index (χ2v) is 5.49. The second kappa shape index (κ2) is 8.09. The molecular formula is C14H23N5OS. The van der Waals surface area contributed by atoms with E-state index in [1.54, 1.807) is 12.5 Å². The molecule has 7 heteroatoms. The van der Waals surface area contributed by atoms with Gasteiger partial charge in [0.1, 0.15) is 6.33 Å². The highest BCUT2D eigenvalue weighted by molar-refractivity contribution is 6.99. The smallest absolute Gasteiger partial charge is 0.271 e. The molecule has 1 atom stereocenters. The van der Waals surface area contributed by atoms with Crippen LogP contribution in [0.4, 0.5) is 0 Å². The molecule has 0 amide bonds. The van der Waals surface area contributed by atoms with Crippen LogP contribution in [0, 0.1) is 0 Å². The van der Waals surface area contributed by atoms with E-state index in [9.17, 15) is 0 Å². The fourth-order valence-corrected chi connectivity index (χ4v) is 2.67. The van der Waals surface area contributed by atoms with Gasteiger partial charge in [0.2, 0.25) is 5.82 Å². The van der Waals surface area contributed by atoms with Gasteiger partial charge in [-0.25, -0.2) is 4.98 Å². The average Bonchev–Trinajstić information content (AvgIpc) is 3.14. The van der Waals surface area contributed by atoms with E-state index >= 15 is 0 Å². The third kappa shape index (κ3) is 4.50. The summed E-state index contributed by atoms with van der Waals surface area (Å²) in [4.78, 5) is 6.45. The SMILES string of the molecule is CCN(CC)CCCC(C)Oc1nsnc1-n1ccnc1. The van der Waals surface area contributed by atoms with Crippen LogP contribution >= 0.6 is 11.7 Å². The summed E-state index contributed by atoms with van der Waals surface area (Å²) >= 11 is 1.16. The van der Waals surface area contributed by atoms with Gasteiger partial charge < -0.3 is 9.64 Å². The second-order valence-electron chi connectivity index (χ2n) is 4.96. The van der Waals surface area contributed by atoms with Crippen LogP contribution in [-0.2, 0) is 0 Å². The molecule has 2 aromatic rings. The van der Waals surface area contributed by atoms with Crippen LogP contribution in [0.3, 0.4) is 0 Å². The van der Waals surface area contributed by atoms with E-state index in [4.69, 9.17) is 4.74 Å². The zero-order chi connectivity index (χ0) is 15.1. The topological polar surface area (TPSA) is 56.1 Å². The van der Waals surface area contributed by atoms with E-state index in [-0.39, 0.29) is 6.10 Å². The van der Waals surface area contributed by atoms with Crippen molar-refractivity contribution in [3.63, 3.8) is 0 Å². The summed E-state index contributed by atoms with van der Waals surface area (Å²) in [5.41, 5.74) is 0. The van der Waals surface area contributed by atoms with Crippen LogP contribution in [0.2, 0.25) is 0 Å². The molecule has 0 bridgehead atoms. The van der Waals surface area contributed by atoms with Crippen molar-refractivity contribution in [1.29, 1.82) is 0 Å². The Bertz CT molecular complexity index is 509. The first-order chi connectivity index (χ1) is 10.2. The lowest BCUT2D eigenvalue weighted by Crippen LogP contribution is -2.25. The molecule has 2 aromatic heterocycles. The van der Waals surface area contributed by atoms with Gasteiger partial charge in [0.25, 0.3) is 5.88 Å². The third-order valence-electron chi connectivity index (χ3n) is 3.48. The van der Waals surface area contributed by atoms with Gasteiger partial charge in [-0.15, -0.1) is 4.37 Å². The molecule has 6 nitrogen and oxygen atoms in total. The molecule has 116 valence electrons. The Labute approximate surface area is 130 Å². The molecule has 0 fully saturated rings. The van der Waals surface area contributed by atoms with Crippen molar-refractivity contribution in [1.82, 2.24) is 23.2 Å². The molecule has 0 aliphatic heterocycles. The molecule has 0 saturated heterocycles. The van der Waals surface area contributed by atoms with Crippen LogP contribution in [0.15, 0.2) is 18.7 Å². The Morgan fingerprint density at radius 2 is 2.14 bits per heavy atom. The fourth-order valence-electron chi connectivity index (χ4n) is 2.18. The van der Waals surface area contributed by atoms with Gasteiger partial charge in [-0.2, -0.15) is 4.37 Å². The van der Waals surface area contributed by atoms with Crippen LogP contribution in [-0.4, -0.2) is 48.9 Å². The van der Waals surface area contributed by atoms with Crippen molar-refractivity contribution in [2.45, 2.75) is 39.7 Å². The lowest BCUT2D eigenvalue weighted by atomic mass is 10.2. The summed E-state index contributed by atoms with van der Waals surface area (Å²) in [6, 6.07) is 0. The first-order valence-electron chi connectivity index (χ1n) is 7.44. The zero-order valence-electron chi connectivity index (χ0n) is 12.9. The quantitative estimate of drug-likeness (QED) is 0.712. The van der Waals surface area contributed by atoms with E-state index in [0.717, 1.165) is 44.2 Å². The number of hydrogen-bond donors (Lipinski definition) is 0. The molecule has 1 unspecified atom stereocenters. The molecule has 0 spiro atoms. The van der Waals surface area contributed by atoms with Crippen LogP contribution in [0.25, 0.3) is 5.82 Å². The Morgan fingerprint density at radius 1 is 1.33 bits per heavy atom. The van der Waals surface area contributed by atoms with Crippen LogP contribution in [0.1, 0.15) is 33.6 Å². The molecule has 21 heavy (non-hydrogen) atoms.